The van der Waals surface area contributed by atoms with Crippen molar-refractivity contribution in [3.63, 3.8) is 0 Å². The predicted octanol–water partition coefficient (Wildman–Crippen LogP) is 1.54. The third kappa shape index (κ3) is 3.01. The Hall–Kier alpha value is -1.06. The number of hydrogen-bond acceptors (Lipinski definition) is 2. The Morgan fingerprint density at radius 3 is 2.79 bits per heavy atom. The standard InChI is InChI=1S/C10H12ClNO2/c11-9-3-1-2-7(5-9)4-8(6-12)10(13)14/h1-3,5,8H,4,6,12H2,(H,13,14)/t8-/m0/s1. The molecular formula is C10H12ClNO2. The van der Waals surface area contributed by atoms with Crippen molar-refractivity contribution >= 4 is 17.6 Å². The van der Waals surface area contributed by atoms with Gasteiger partial charge in [0.2, 0.25) is 0 Å². The molecule has 0 unspecified atom stereocenters. The number of carbonyl (C=O) groups is 1. The Labute approximate surface area is 87.5 Å². The van der Waals surface area contributed by atoms with Gasteiger partial charge in [0.05, 0.1) is 5.92 Å². The summed E-state index contributed by atoms with van der Waals surface area (Å²) in [5, 5.41) is 9.41. The topological polar surface area (TPSA) is 63.3 Å². The Bertz CT molecular complexity index is 328. The van der Waals surface area contributed by atoms with E-state index in [9.17, 15) is 4.79 Å². The summed E-state index contributed by atoms with van der Waals surface area (Å²) in [7, 11) is 0. The van der Waals surface area contributed by atoms with Crippen LogP contribution in [0.15, 0.2) is 24.3 Å². The highest BCUT2D eigenvalue weighted by molar-refractivity contribution is 6.30. The lowest BCUT2D eigenvalue weighted by Crippen LogP contribution is -2.25. The molecule has 0 amide bonds. The second-order valence-corrected chi connectivity index (χ2v) is 3.54. The SMILES string of the molecule is NC[C@H](Cc1cccc(Cl)c1)C(=O)O. The first kappa shape index (κ1) is 11.0. The maximum Gasteiger partial charge on any atom is 0.308 e. The van der Waals surface area contributed by atoms with E-state index in [1.54, 1.807) is 18.2 Å². The van der Waals surface area contributed by atoms with Gasteiger partial charge in [0.25, 0.3) is 0 Å². The van der Waals surface area contributed by atoms with Gasteiger partial charge in [-0.2, -0.15) is 0 Å². The molecule has 14 heavy (non-hydrogen) atoms. The molecule has 0 bridgehead atoms. The highest BCUT2D eigenvalue weighted by Crippen LogP contribution is 2.14. The largest absolute Gasteiger partial charge is 0.481 e. The first-order chi connectivity index (χ1) is 6.63. The molecule has 76 valence electrons. The van der Waals surface area contributed by atoms with Crippen LogP contribution in [0.5, 0.6) is 0 Å². The molecule has 0 heterocycles. The number of halogens is 1. The fourth-order valence-corrected chi connectivity index (χ4v) is 1.43. The smallest absolute Gasteiger partial charge is 0.308 e. The summed E-state index contributed by atoms with van der Waals surface area (Å²) in [5.74, 6) is -1.40. The van der Waals surface area contributed by atoms with E-state index in [2.05, 4.69) is 0 Å². The molecule has 1 aromatic carbocycles. The van der Waals surface area contributed by atoms with Crippen molar-refractivity contribution < 1.29 is 9.90 Å². The molecule has 1 atom stereocenters. The van der Waals surface area contributed by atoms with Gasteiger partial charge in [-0.05, 0) is 24.1 Å². The molecule has 0 fully saturated rings. The Kier molecular flexibility index (Phi) is 3.92. The van der Waals surface area contributed by atoms with E-state index in [-0.39, 0.29) is 6.54 Å². The van der Waals surface area contributed by atoms with Gasteiger partial charge in [-0.3, -0.25) is 4.79 Å². The molecule has 0 aliphatic carbocycles. The van der Waals surface area contributed by atoms with Crippen molar-refractivity contribution in [2.24, 2.45) is 11.7 Å². The van der Waals surface area contributed by atoms with Crippen LogP contribution in [0, 0.1) is 5.92 Å². The van der Waals surface area contributed by atoms with Crippen molar-refractivity contribution in [1.29, 1.82) is 0 Å². The van der Waals surface area contributed by atoms with Crippen molar-refractivity contribution in [1.82, 2.24) is 0 Å². The molecule has 0 saturated heterocycles. The Morgan fingerprint density at radius 2 is 2.29 bits per heavy atom. The number of nitrogens with two attached hydrogens (primary N) is 1. The molecule has 1 aromatic rings. The van der Waals surface area contributed by atoms with Crippen LogP contribution in [0.3, 0.4) is 0 Å². The minimum Gasteiger partial charge on any atom is -0.481 e. The van der Waals surface area contributed by atoms with Crippen LogP contribution in [0.1, 0.15) is 5.56 Å². The van der Waals surface area contributed by atoms with E-state index in [1.807, 2.05) is 6.07 Å². The number of rotatable bonds is 4. The first-order valence-electron chi connectivity index (χ1n) is 4.31. The zero-order valence-corrected chi connectivity index (χ0v) is 8.37. The number of carboxylic acids is 1. The molecular weight excluding hydrogens is 202 g/mol. The summed E-state index contributed by atoms with van der Waals surface area (Å²) in [5.41, 5.74) is 6.24. The average molecular weight is 214 g/mol. The zero-order valence-electron chi connectivity index (χ0n) is 7.61. The van der Waals surface area contributed by atoms with Gasteiger partial charge in [-0.25, -0.2) is 0 Å². The van der Waals surface area contributed by atoms with Gasteiger partial charge in [0, 0.05) is 11.6 Å². The van der Waals surface area contributed by atoms with E-state index in [1.165, 1.54) is 0 Å². The molecule has 0 saturated carbocycles. The number of benzene rings is 1. The third-order valence-corrected chi connectivity index (χ3v) is 2.24. The Morgan fingerprint density at radius 1 is 1.57 bits per heavy atom. The van der Waals surface area contributed by atoms with Crippen LogP contribution >= 0.6 is 11.6 Å². The van der Waals surface area contributed by atoms with Crippen LogP contribution in [0.2, 0.25) is 5.02 Å². The molecule has 1 rings (SSSR count). The van der Waals surface area contributed by atoms with E-state index in [0.717, 1.165) is 5.56 Å². The summed E-state index contributed by atoms with van der Waals surface area (Å²) >= 11 is 5.77. The minimum absolute atomic E-state index is 0.141. The monoisotopic (exact) mass is 213 g/mol. The molecule has 4 heteroatoms. The van der Waals surface area contributed by atoms with Gasteiger partial charge in [-0.1, -0.05) is 23.7 Å². The fourth-order valence-electron chi connectivity index (χ4n) is 1.22. The van der Waals surface area contributed by atoms with Crippen LogP contribution in [-0.2, 0) is 11.2 Å². The van der Waals surface area contributed by atoms with E-state index < -0.39 is 11.9 Å². The average Bonchev–Trinajstić information content (AvgIpc) is 2.14. The van der Waals surface area contributed by atoms with Gasteiger partial charge < -0.3 is 10.8 Å². The summed E-state index contributed by atoms with van der Waals surface area (Å²) in [4.78, 5) is 10.7. The summed E-state index contributed by atoms with van der Waals surface area (Å²) in [6.45, 7) is 0.141. The van der Waals surface area contributed by atoms with Crippen molar-refractivity contribution in [2.75, 3.05) is 6.54 Å². The third-order valence-electron chi connectivity index (χ3n) is 2.00. The normalized spacial score (nSPS) is 12.4. The summed E-state index contributed by atoms with van der Waals surface area (Å²) < 4.78 is 0. The summed E-state index contributed by atoms with van der Waals surface area (Å²) in [6, 6.07) is 7.15. The maximum absolute atomic E-state index is 10.7. The highest BCUT2D eigenvalue weighted by atomic mass is 35.5. The lowest BCUT2D eigenvalue weighted by molar-refractivity contribution is -0.141. The lowest BCUT2D eigenvalue weighted by Gasteiger charge is -2.09. The quantitative estimate of drug-likeness (QED) is 0.798. The predicted molar refractivity (Wildman–Crippen MR) is 55.3 cm³/mol. The van der Waals surface area contributed by atoms with Crippen LogP contribution in [-0.4, -0.2) is 17.6 Å². The number of aliphatic carboxylic acids is 1. The molecule has 0 spiro atoms. The summed E-state index contributed by atoms with van der Waals surface area (Å²) in [6.07, 6.45) is 0.423. The maximum atomic E-state index is 10.7. The van der Waals surface area contributed by atoms with Crippen molar-refractivity contribution in [3.05, 3.63) is 34.9 Å². The highest BCUT2D eigenvalue weighted by Gasteiger charge is 2.15. The minimum atomic E-state index is -0.868. The van der Waals surface area contributed by atoms with Gasteiger partial charge in [0.1, 0.15) is 0 Å². The van der Waals surface area contributed by atoms with Gasteiger partial charge in [0.15, 0.2) is 0 Å². The second-order valence-electron chi connectivity index (χ2n) is 3.10. The molecule has 0 aliphatic rings. The van der Waals surface area contributed by atoms with Crippen LogP contribution in [0.25, 0.3) is 0 Å². The number of hydrogen-bond donors (Lipinski definition) is 2. The molecule has 3 nitrogen and oxygen atoms in total. The van der Waals surface area contributed by atoms with Crippen molar-refractivity contribution in [2.45, 2.75) is 6.42 Å². The first-order valence-corrected chi connectivity index (χ1v) is 4.68. The number of carboxylic acid groups (broad SMARTS) is 1. The van der Waals surface area contributed by atoms with Crippen LogP contribution < -0.4 is 5.73 Å². The van der Waals surface area contributed by atoms with Crippen molar-refractivity contribution in [3.8, 4) is 0 Å². The zero-order chi connectivity index (χ0) is 10.6. The van der Waals surface area contributed by atoms with E-state index >= 15 is 0 Å². The van der Waals surface area contributed by atoms with Gasteiger partial charge in [-0.15, -0.1) is 0 Å². The lowest BCUT2D eigenvalue weighted by atomic mass is 10.00. The fraction of sp³-hybridized carbons (Fsp3) is 0.300. The van der Waals surface area contributed by atoms with E-state index in [4.69, 9.17) is 22.4 Å². The van der Waals surface area contributed by atoms with Gasteiger partial charge >= 0.3 is 5.97 Å². The second kappa shape index (κ2) is 4.98. The molecule has 0 radical (unpaired) electrons. The Balaban J connectivity index is 2.72. The van der Waals surface area contributed by atoms with Crippen LogP contribution in [0.4, 0.5) is 0 Å². The molecule has 0 aromatic heterocycles. The van der Waals surface area contributed by atoms with E-state index in [0.29, 0.717) is 11.4 Å². The molecule has 3 N–H and O–H groups in total. The molecule has 0 aliphatic heterocycles.